The van der Waals surface area contributed by atoms with Gasteiger partial charge in [0, 0.05) is 24.6 Å². The molecule has 0 spiro atoms. The summed E-state index contributed by atoms with van der Waals surface area (Å²) in [7, 11) is 0. The third-order valence-corrected chi connectivity index (χ3v) is 4.64. The van der Waals surface area contributed by atoms with Gasteiger partial charge in [0.1, 0.15) is 5.82 Å². The zero-order valence-electron chi connectivity index (χ0n) is 10.6. The van der Waals surface area contributed by atoms with E-state index in [9.17, 15) is 4.39 Å². The number of hydrogen-bond donors (Lipinski definition) is 1. The maximum atomic E-state index is 13.8. The molecule has 4 nitrogen and oxygen atoms in total. The van der Waals surface area contributed by atoms with Crippen LogP contribution in [0.3, 0.4) is 0 Å². The Hall–Kier alpha value is -0.890. The average molecular weight is 375 g/mol. The van der Waals surface area contributed by atoms with Gasteiger partial charge in [-0.1, -0.05) is 0 Å². The predicted octanol–water partition coefficient (Wildman–Crippen LogP) is 2.96. The second-order valence-electron chi connectivity index (χ2n) is 4.96. The van der Waals surface area contributed by atoms with E-state index in [1.807, 2.05) is 27.2 Å². The summed E-state index contributed by atoms with van der Waals surface area (Å²) in [6, 6.07) is 3.41. The van der Waals surface area contributed by atoms with Crippen LogP contribution in [0.4, 0.5) is 10.3 Å². The molecule has 102 valence electrons. The second kappa shape index (κ2) is 4.90. The SMILES string of the molecule is CC(C1CCOC1)n1c(N)nc2cc(I)c(F)cc21. The van der Waals surface area contributed by atoms with E-state index in [2.05, 4.69) is 11.9 Å². The maximum Gasteiger partial charge on any atom is 0.201 e. The molecule has 0 bridgehead atoms. The Balaban J connectivity index is 2.11. The number of aromatic nitrogens is 2. The lowest BCUT2D eigenvalue weighted by Crippen LogP contribution is -2.18. The van der Waals surface area contributed by atoms with Crippen LogP contribution in [-0.2, 0) is 4.74 Å². The van der Waals surface area contributed by atoms with Gasteiger partial charge in [-0.15, -0.1) is 0 Å². The van der Waals surface area contributed by atoms with Crippen LogP contribution in [0.2, 0.25) is 0 Å². The molecule has 0 saturated carbocycles. The van der Waals surface area contributed by atoms with Crippen LogP contribution in [0.1, 0.15) is 19.4 Å². The molecule has 2 aromatic rings. The highest BCUT2D eigenvalue weighted by Crippen LogP contribution is 2.32. The van der Waals surface area contributed by atoms with Gasteiger partial charge in [0.15, 0.2) is 0 Å². The Morgan fingerprint density at radius 1 is 1.58 bits per heavy atom. The number of nitrogens with zero attached hydrogens (tertiary/aromatic N) is 2. The van der Waals surface area contributed by atoms with Crippen molar-refractivity contribution in [3.05, 3.63) is 21.5 Å². The number of nitrogen functional groups attached to an aromatic ring is 1. The molecule has 2 heterocycles. The number of benzene rings is 1. The third kappa shape index (κ3) is 2.20. The normalized spacial score (nSPS) is 21.1. The lowest BCUT2D eigenvalue weighted by atomic mass is 10.0. The molecular weight excluding hydrogens is 360 g/mol. The number of rotatable bonds is 2. The molecule has 1 saturated heterocycles. The fourth-order valence-electron chi connectivity index (χ4n) is 2.68. The molecule has 1 aliphatic heterocycles. The molecule has 3 rings (SSSR count). The maximum absolute atomic E-state index is 13.8. The largest absolute Gasteiger partial charge is 0.381 e. The second-order valence-corrected chi connectivity index (χ2v) is 6.12. The van der Waals surface area contributed by atoms with Crippen LogP contribution in [0.15, 0.2) is 12.1 Å². The first-order chi connectivity index (χ1) is 9.08. The smallest absolute Gasteiger partial charge is 0.201 e. The zero-order chi connectivity index (χ0) is 13.6. The number of halogens is 2. The molecule has 19 heavy (non-hydrogen) atoms. The van der Waals surface area contributed by atoms with E-state index in [0.29, 0.717) is 15.4 Å². The molecular formula is C13H15FIN3O. The lowest BCUT2D eigenvalue weighted by Gasteiger charge is -2.21. The van der Waals surface area contributed by atoms with Crippen molar-refractivity contribution in [3.8, 4) is 0 Å². The van der Waals surface area contributed by atoms with E-state index in [-0.39, 0.29) is 11.9 Å². The first-order valence-corrected chi connectivity index (χ1v) is 7.36. The van der Waals surface area contributed by atoms with Gasteiger partial charge in [-0.05, 0) is 42.0 Å². The summed E-state index contributed by atoms with van der Waals surface area (Å²) >= 11 is 1.96. The van der Waals surface area contributed by atoms with E-state index in [4.69, 9.17) is 10.5 Å². The van der Waals surface area contributed by atoms with Gasteiger partial charge in [-0.25, -0.2) is 9.37 Å². The fourth-order valence-corrected chi connectivity index (χ4v) is 3.13. The van der Waals surface area contributed by atoms with Gasteiger partial charge in [0.05, 0.1) is 21.2 Å². The Bertz CT molecular complexity index is 622. The first kappa shape index (κ1) is 13.1. The Morgan fingerprint density at radius 2 is 2.37 bits per heavy atom. The molecule has 6 heteroatoms. The number of fused-ring (bicyclic) bond motifs is 1. The molecule has 1 fully saturated rings. The minimum absolute atomic E-state index is 0.159. The summed E-state index contributed by atoms with van der Waals surface area (Å²) < 4.78 is 21.7. The van der Waals surface area contributed by atoms with Crippen molar-refractivity contribution in [3.63, 3.8) is 0 Å². The molecule has 2 atom stereocenters. The van der Waals surface area contributed by atoms with Crippen molar-refractivity contribution < 1.29 is 9.13 Å². The molecule has 0 radical (unpaired) electrons. The topological polar surface area (TPSA) is 53.1 Å². The van der Waals surface area contributed by atoms with Crippen LogP contribution >= 0.6 is 22.6 Å². The highest BCUT2D eigenvalue weighted by molar-refractivity contribution is 14.1. The van der Waals surface area contributed by atoms with E-state index < -0.39 is 0 Å². The standard InChI is InChI=1S/C13H15FIN3O/c1-7(8-2-3-19-6-8)18-12-4-9(14)10(15)5-11(12)17-13(18)16/h4-5,7-8H,2-3,6H2,1H3,(H2,16,17). The number of imidazole rings is 1. The molecule has 1 aromatic carbocycles. The van der Waals surface area contributed by atoms with Crippen LogP contribution in [0.25, 0.3) is 11.0 Å². The van der Waals surface area contributed by atoms with Crippen molar-refractivity contribution in [2.24, 2.45) is 5.92 Å². The minimum atomic E-state index is -0.232. The van der Waals surface area contributed by atoms with Gasteiger partial charge in [-0.3, -0.25) is 0 Å². The summed E-state index contributed by atoms with van der Waals surface area (Å²) in [5, 5.41) is 0. The van der Waals surface area contributed by atoms with Gasteiger partial charge in [-0.2, -0.15) is 0 Å². The van der Waals surface area contributed by atoms with Gasteiger partial charge >= 0.3 is 0 Å². The first-order valence-electron chi connectivity index (χ1n) is 6.28. The number of anilines is 1. The highest BCUT2D eigenvalue weighted by atomic mass is 127. The minimum Gasteiger partial charge on any atom is -0.381 e. The van der Waals surface area contributed by atoms with Crippen molar-refractivity contribution in [1.29, 1.82) is 0 Å². The van der Waals surface area contributed by atoms with Gasteiger partial charge in [0.2, 0.25) is 5.95 Å². The summed E-state index contributed by atoms with van der Waals surface area (Å²) in [4.78, 5) is 4.34. The summed E-state index contributed by atoms with van der Waals surface area (Å²) in [6.07, 6.45) is 1.01. The Kier molecular flexibility index (Phi) is 3.38. The van der Waals surface area contributed by atoms with Crippen molar-refractivity contribution in [2.45, 2.75) is 19.4 Å². The van der Waals surface area contributed by atoms with Crippen molar-refractivity contribution >= 4 is 39.6 Å². The van der Waals surface area contributed by atoms with Gasteiger partial charge < -0.3 is 15.0 Å². The predicted molar refractivity (Wildman–Crippen MR) is 80.5 cm³/mol. The van der Waals surface area contributed by atoms with Crippen molar-refractivity contribution in [1.82, 2.24) is 9.55 Å². The van der Waals surface area contributed by atoms with Crippen LogP contribution in [0.5, 0.6) is 0 Å². The average Bonchev–Trinajstić information content (AvgIpc) is 2.97. The lowest BCUT2D eigenvalue weighted by molar-refractivity contribution is 0.176. The summed E-state index contributed by atoms with van der Waals surface area (Å²) in [5.41, 5.74) is 7.51. The van der Waals surface area contributed by atoms with E-state index >= 15 is 0 Å². The zero-order valence-corrected chi connectivity index (χ0v) is 12.7. The van der Waals surface area contributed by atoms with Crippen LogP contribution in [0, 0.1) is 15.3 Å². The Labute approximate surface area is 124 Å². The van der Waals surface area contributed by atoms with Crippen molar-refractivity contribution in [2.75, 3.05) is 18.9 Å². The molecule has 2 N–H and O–H groups in total. The van der Waals surface area contributed by atoms with Crippen LogP contribution < -0.4 is 5.73 Å². The van der Waals surface area contributed by atoms with E-state index in [1.165, 1.54) is 6.07 Å². The number of hydrogen-bond acceptors (Lipinski definition) is 3. The molecule has 1 aromatic heterocycles. The van der Waals surface area contributed by atoms with E-state index in [1.54, 1.807) is 6.07 Å². The highest BCUT2D eigenvalue weighted by Gasteiger charge is 2.26. The third-order valence-electron chi connectivity index (χ3n) is 3.81. The van der Waals surface area contributed by atoms with Crippen LogP contribution in [-0.4, -0.2) is 22.8 Å². The monoisotopic (exact) mass is 375 g/mol. The quantitative estimate of drug-likeness (QED) is 0.822. The summed E-state index contributed by atoms with van der Waals surface area (Å²) in [6.45, 7) is 3.60. The molecule has 0 amide bonds. The summed E-state index contributed by atoms with van der Waals surface area (Å²) in [5.74, 6) is 0.613. The van der Waals surface area contributed by atoms with Gasteiger partial charge in [0.25, 0.3) is 0 Å². The van der Waals surface area contributed by atoms with E-state index in [0.717, 1.165) is 30.7 Å². The molecule has 1 aliphatic rings. The number of ether oxygens (including phenoxy) is 1. The Morgan fingerprint density at radius 3 is 3.05 bits per heavy atom. The molecule has 2 unspecified atom stereocenters. The fraction of sp³-hybridized carbons (Fsp3) is 0.462. The molecule has 0 aliphatic carbocycles. The number of nitrogens with two attached hydrogens (primary N) is 1.